The molecule has 4 aliphatic rings. The minimum absolute atomic E-state index is 0.0472. The van der Waals surface area contributed by atoms with Crippen molar-refractivity contribution in [2.45, 2.75) is 136 Å². The number of nitrogens with zero attached hydrogens (tertiary/aromatic N) is 9. The van der Waals surface area contributed by atoms with Crippen LogP contribution in [-0.4, -0.2) is 156 Å². The maximum absolute atomic E-state index is 14.1. The average molecular weight is 634 g/mol. The third-order valence-corrected chi connectivity index (χ3v) is 11.7. The number of hydrogen-bond acceptors (Lipinski definition) is 9. The van der Waals surface area contributed by atoms with Gasteiger partial charge in [0.05, 0.1) is 39.6 Å². The number of amides is 3. The molecule has 4 fully saturated rings. The van der Waals surface area contributed by atoms with Gasteiger partial charge in [0.1, 0.15) is 0 Å². The summed E-state index contributed by atoms with van der Waals surface area (Å²) in [6.07, 6.45) is 1.10. The van der Waals surface area contributed by atoms with E-state index in [0.29, 0.717) is 58.9 Å². The van der Waals surface area contributed by atoms with Crippen molar-refractivity contribution in [2.75, 3.05) is 60.8 Å². The SMILES string of the molecule is CN1C(C)(C)CC(=O)N(N2CN(N3CC(C)(C)N(C)C(C)(C)CC3=O)CN(N3CC(C)(C)N(C)C(C)(C)CC3=O)C2)CC1(C)C. The van der Waals surface area contributed by atoms with Gasteiger partial charge in [-0.2, -0.15) is 15.0 Å². The predicted molar refractivity (Wildman–Crippen MR) is 177 cm³/mol. The van der Waals surface area contributed by atoms with E-state index in [9.17, 15) is 14.4 Å². The highest BCUT2D eigenvalue weighted by Gasteiger charge is 2.50. The summed E-state index contributed by atoms with van der Waals surface area (Å²) in [4.78, 5) is 49.1. The van der Waals surface area contributed by atoms with E-state index in [-0.39, 0.29) is 51.0 Å². The van der Waals surface area contributed by atoms with Gasteiger partial charge in [-0.1, -0.05) is 0 Å². The molecule has 0 spiro atoms. The first-order valence-corrected chi connectivity index (χ1v) is 16.6. The van der Waals surface area contributed by atoms with Gasteiger partial charge in [-0.05, 0) is 104 Å². The molecular formula is C33H63N9O3. The quantitative estimate of drug-likeness (QED) is 0.466. The Morgan fingerprint density at radius 3 is 0.778 bits per heavy atom. The topological polar surface area (TPSA) is 80.4 Å². The Morgan fingerprint density at radius 1 is 0.378 bits per heavy atom. The lowest BCUT2D eigenvalue weighted by Crippen LogP contribution is -2.70. The van der Waals surface area contributed by atoms with Gasteiger partial charge in [0.2, 0.25) is 17.7 Å². The van der Waals surface area contributed by atoms with E-state index in [1.807, 2.05) is 15.0 Å². The van der Waals surface area contributed by atoms with Gasteiger partial charge < -0.3 is 0 Å². The molecule has 0 saturated carbocycles. The second-order valence-corrected chi connectivity index (χ2v) is 17.9. The fourth-order valence-corrected chi connectivity index (χ4v) is 7.81. The first-order chi connectivity index (χ1) is 20.2. The highest BCUT2D eigenvalue weighted by molar-refractivity contribution is 5.79. The molecule has 12 nitrogen and oxygen atoms in total. The van der Waals surface area contributed by atoms with Crippen molar-refractivity contribution in [1.82, 2.24) is 44.8 Å². The number of carbonyl (C=O) groups excluding carboxylic acids is 3. The molecule has 0 radical (unpaired) electrons. The molecule has 0 aromatic rings. The number of likely N-dealkylation sites (N-methyl/N-ethyl adjacent to an activating group) is 3. The van der Waals surface area contributed by atoms with Crippen molar-refractivity contribution in [3.8, 4) is 0 Å². The maximum atomic E-state index is 14.1. The van der Waals surface area contributed by atoms with Gasteiger partial charge in [0.15, 0.2) is 0 Å². The molecule has 0 atom stereocenters. The first-order valence-electron chi connectivity index (χ1n) is 16.6. The maximum Gasteiger partial charge on any atom is 0.238 e. The molecule has 4 aliphatic heterocycles. The number of carbonyl (C=O) groups is 3. The highest BCUT2D eigenvalue weighted by Crippen LogP contribution is 2.36. The lowest BCUT2D eigenvalue weighted by molar-refractivity contribution is -0.247. The standard InChI is InChI=1S/C33H63N9O3/c1-28(2)16-25(43)40(19-31(7,8)34(28)13)37-22-38(41-20-32(9,10)35(14)29(3,4)17-26(41)44)24-39(23-37)42-21-33(11,12)36(15)30(5,6)18-27(42)45/h16-24H2,1-15H3. The molecule has 4 heterocycles. The lowest BCUT2D eigenvalue weighted by Gasteiger charge is -2.53. The van der Waals surface area contributed by atoms with E-state index < -0.39 is 0 Å². The normalized spacial score (nSPS) is 30.7. The molecule has 0 bridgehead atoms. The minimum Gasteiger partial charge on any atom is -0.294 e. The number of hydrogen-bond donors (Lipinski definition) is 0. The van der Waals surface area contributed by atoms with Crippen molar-refractivity contribution in [1.29, 1.82) is 0 Å². The van der Waals surface area contributed by atoms with Crippen LogP contribution in [-0.2, 0) is 14.4 Å². The smallest absolute Gasteiger partial charge is 0.238 e. The van der Waals surface area contributed by atoms with Crippen molar-refractivity contribution < 1.29 is 14.4 Å². The monoisotopic (exact) mass is 634 g/mol. The van der Waals surface area contributed by atoms with Crippen LogP contribution in [0.4, 0.5) is 0 Å². The van der Waals surface area contributed by atoms with Crippen LogP contribution in [0.5, 0.6) is 0 Å². The Balaban J connectivity index is 1.78. The van der Waals surface area contributed by atoms with E-state index in [1.54, 1.807) is 0 Å². The molecule has 0 aliphatic carbocycles. The van der Waals surface area contributed by atoms with Gasteiger partial charge in [-0.3, -0.25) is 44.1 Å². The molecule has 258 valence electrons. The Labute approximate surface area is 273 Å². The summed E-state index contributed by atoms with van der Waals surface area (Å²) in [5, 5.41) is 11.8. The zero-order valence-corrected chi connectivity index (χ0v) is 31.1. The van der Waals surface area contributed by atoms with E-state index in [4.69, 9.17) is 0 Å². The van der Waals surface area contributed by atoms with Gasteiger partial charge in [-0.25, -0.2) is 0 Å². The molecule has 0 aromatic heterocycles. The molecule has 45 heavy (non-hydrogen) atoms. The molecule has 4 saturated heterocycles. The second kappa shape index (κ2) is 11.4. The summed E-state index contributed by atoms with van der Waals surface area (Å²) < 4.78 is 0. The minimum atomic E-state index is -0.327. The molecule has 0 unspecified atom stereocenters. The molecule has 0 N–H and O–H groups in total. The van der Waals surface area contributed by atoms with Crippen LogP contribution in [0.1, 0.15) is 102 Å². The van der Waals surface area contributed by atoms with Crippen LogP contribution in [0.25, 0.3) is 0 Å². The summed E-state index contributed by atoms with van der Waals surface area (Å²) in [5.74, 6) is 0.142. The fourth-order valence-electron chi connectivity index (χ4n) is 7.81. The Hall–Kier alpha value is -1.83. The van der Waals surface area contributed by atoms with Gasteiger partial charge >= 0.3 is 0 Å². The summed E-state index contributed by atoms with van der Waals surface area (Å²) in [6.45, 7) is 28.4. The van der Waals surface area contributed by atoms with Crippen molar-refractivity contribution in [2.24, 2.45) is 0 Å². The Morgan fingerprint density at radius 2 is 0.578 bits per heavy atom. The van der Waals surface area contributed by atoms with E-state index >= 15 is 0 Å². The van der Waals surface area contributed by atoms with E-state index in [1.165, 1.54) is 0 Å². The van der Waals surface area contributed by atoms with Crippen molar-refractivity contribution >= 4 is 17.7 Å². The highest BCUT2D eigenvalue weighted by atomic mass is 16.2. The van der Waals surface area contributed by atoms with Crippen LogP contribution >= 0.6 is 0 Å². The molecule has 4 rings (SSSR count). The summed E-state index contributed by atoms with van der Waals surface area (Å²) in [6, 6.07) is 0. The number of hydrazine groups is 3. The van der Waals surface area contributed by atoms with Crippen LogP contribution in [0.3, 0.4) is 0 Å². The lowest BCUT2D eigenvalue weighted by atomic mass is 9.93. The largest absolute Gasteiger partial charge is 0.294 e. The third-order valence-electron chi connectivity index (χ3n) is 11.7. The molecule has 3 amide bonds. The van der Waals surface area contributed by atoms with Crippen molar-refractivity contribution in [3.05, 3.63) is 0 Å². The van der Waals surface area contributed by atoms with Crippen LogP contribution in [0.2, 0.25) is 0 Å². The van der Waals surface area contributed by atoms with Gasteiger partial charge in [0.25, 0.3) is 0 Å². The third kappa shape index (κ3) is 6.78. The zero-order chi connectivity index (χ0) is 34.3. The van der Waals surface area contributed by atoms with E-state index in [2.05, 4.69) is 134 Å². The fraction of sp³-hybridized carbons (Fsp3) is 0.909. The summed E-state index contributed by atoms with van der Waals surface area (Å²) >= 11 is 0. The molecule has 12 heteroatoms. The summed E-state index contributed by atoms with van der Waals surface area (Å²) in [5.41, 5.74) is -1.89. The predicted octanol–water partition coefficient (Wildman–Crippen LogP) is 2.69. The van der Waals surface area contributed by atoms with Crippen LogP contribution in [0.15, 0.2) is 0 Å². The molecular weight excluding hydrogens is 570 g/mol. The van der Waals surface area contributed by atoms with Gasteiger partial charge in [-0.15, -0.1) is 0 Å². The van der Waals surface area contributed by atoms with Crippen molar-refractivity contribution in [3.63, 3.8) is 0 Å². The van der Waals surface area contributed by atoms with E-state index in [0.717, 1.165) is 0 Å². The first kappa shape index (κ1) is 36.0. The Bertz CT molecular complexity index is 1030. The Kier molecular flexibility index (Phi) is 9.13. The summed E-state index contributed by atoms with van der Waals surface area (Å²) in [7, 11) is 6.29. The molecule has 0 aromatic carbocycles. The zero-order valence-electron chi connectivity index (χ0n) is 31.1. The van der Waals surface area contributed by atoms with Crippen LogP contribution < -0.4 is 0 Å². The van der Waals surface area contributed by atoms with Crippen LogP contribution in [0, 0.1) is 0 Å². The number of rotatable bonds is 3. The second-order valence-electron chi connectivity index (χ2n) is 17.9. The average Bonchev–Trinajstić information content (AvgIpc) is 3.03. The van der Waals surface area contributed by atoms with Gasteiger partial charge in [0, 0.05) is 52.5 Å².